The first-order valence-electron chi connectivity index (χ1n) is 10.8. The van der Waals surface area contributed by atoms with E-state index in [9.17, 15) is 9.59 Å². The highest BCUT2D eigenvalue weighted by Gasteiger charge is 2.51. The first kappa shape index (κ1) is 18.9. The third kappa shape index (κ3) is 3.79. The van der Waals surface area contributed by atoms with E-state index < -0.39 is 5.41 Å². The standard InChI is InChI=1S/C21H33N3O3/c25-19-8-10-21(20(26)22-11-12-23-13-15-27-16-14-23)9-4-3-7-18(21)24(19)17-5-1-2-6-17/h7,17H,1-6,8-16H2,(H,22,26). The molecule has 150 valence electrons. The van der Waals surface area contributed by atoms with E-state index in [4.69, 9.17) is 4.74 Å². The number of carbonyl (C=O) groups excluding carboxylic acids is 2. The van der Waals surface area contributed by atoms with Crippen molar-refractivity contribution in [3.05, 3.63) is 11.8 Å². The highest BCUT2D eigenvalue weighted by atomic mass is 16.5. The zero-order chi connectivity index (χ0) is 18.7. The quantitative estimate of drug-likeness (QED) is 0.799. The number of amides is 2. The van der Waals surface area contributed by atoms with Crippen molar-refractivity contribution in [1.29, 1.82) is 0 Å². The molecule has 4 rings (SSSR count). The number of carbonyl (C=O) groups is 2. The fourth-order valence-corrected chi connectivity index (χ4v) is 5.35. The van der Waals surface area contributed by atoms with E-state index in [1.807, 2.05) is 4.90 Å². The van der Waals surface area contributed by atoms with Gasteiger partial charge in [-0.3, -0.25) is 14.5 Å². The minimum atomic E-state index is -0.486. The number of nitrogens with zero attached hydrogens (tertiary/aromatic N) is 2. The van der Waals surface area contributed by atoms with E-state index in [0.29, 0.717) is 25.4 Å². The van der Waals surface area contributed by atoms with Crippen LogP contribution >= 0.6 is 0 Å². The summed E-state index contributed by atoms with van der Waals surface area (Å²) in [4.78, 5) is 30.5. The van der Waals surface area contributed by atoms with Gasteiger partial charge in [-0.25, -0.2) is 0 Å². The van der Waals surface area contributed by atoms with Gasteiger partial charge in [-0.1, -0.05) is 18.9 Å². The van der Waals surface area contributed by atoms with E-state index in [1.165, 1.54) is 12.8 Å². The van der Waals surface area contributed by atoms with E-state index in [1.54, 1.807) is 0 Å². The summed E-state index contributed by atoms with van der Waals surface area (Å²) < 4.78 is 5.39. The van der Waals surface area contributed by atoms with Crippen LogP contribution in [0.15, 0.2) is 11.8 Å². The number of hydrogen-bond acceptors (Lipinski definition) is 4. The first-order valence-corrected chi connectivity index (χ1v) is 10.8. The molecule has 2 heterocycles. The Morgan fingerprint density at radius 3 is 2.74 bits per heavy atom. The molecule has 27 heavy (non-hydrogen) atoms. The van der Waals surface area contributed by atoms with Crippen LogP contribution in [-0.2, 0) is 14.3 Å². The van der Waals surface area contributed by atoms with Gasteiger partial charge in [0, 0.05) is 44.3 Å². The lowest BCUT2D eigenvalue weighted by Gasteiger charge is -2.48. The summed E-state index contributed by atoms with van der Waals surface area (Å²) in [6, 6.07) is 0.308. The molecule has 0 bridgehead atoms. The largest absolute Gasteiger partial charge is 0.379 e. The van der Waals surface area contributed by atoms with Gasteiger partial charge >= 0.3 is 0 Å². The molecule has 1 unspecified atom stereocenters. The van der Waals surface area contributed by atoms with E-state index in [-0.39, 0.29) is 11.8 Å². The fourth-order valence-electron chi connectivity index (χ4n) is 5.35. The number of piperidine rings is 1. The molecule has 0 aromatic carbocycles. The number of fused-ring (bicyclic) bond motifs is 1. The van der Waals surface area contributed by atoms with E-state index in [0.717, 1.165) is 70.6 Å². The van der Waals surface area contributed by atoms with Gasteiger partial charge in [-0.15, -0.1) is 0 Å². The van der Waals surface area contributed by atoms with E-state index in [2.05, 4.69) is 16.3 Å². The Labute approximate surface area is 162 Å². The average molecular weight is 376 g/mol. The van der Waals surface area contributed by atoms with Crippen molar-refractivity contribution in [2.45, 2.75) is 63.8 Å². The van der Waals surface area contributed by atoms with Crippen molar-refractivity contribution in [2.24, 2.45) is 5.41 Å². The summed E-state index contributed by atoms with van der Waals surface area (Å²) in [5.41, 5.74) is 0.542. The van der Waals surface area contributed by atoms with Crippen LogP contribution < -0.4 is 5.32 Å². The summed E-state index contributed by atoms with van der Waals surface area (Å²) in [6.45, 7) is 4.99. The predicted octanol–water partition coefficient (Wildman–Crippen LogP) is 2.05. The van der Waals surface area contributed by atoms with Crippen LogP contribution in [-0.4, -0.2) is 67.0 Å². The maximum absolute atomic E-state index is 13.3. The van der Waals surface area contributed by atoms with Crippen LogP contribution in [0.1, 0.15) is 57.8 Å². The Morgan fingerprint density at radius 1 is 1.19 bits per heavy atom. The van der Waals surface area contributed by atoms with Crippen molar-refractivity contribution in [2.75, 3.05) is 39.4 Å². The Hall–Kier alpha value is -1.40. The van der Waals surface area contributed by atoms with Crippen LogP contribution in [0, 0.1) is 5.41 Å². The Morgan fingerprint density at radius 2 is 1.96 bits per heavy atom. The lowest BCUT2D eigenvalue weighted by atomic mass is 9.68. The molecule has 0 spiro atoms. The molecule has 0 aromatic rings. The number of ether oxygens (including phenoxy) is 1. The highest BCUT2D eigenvalue weighted by molar-refractivity contribution is 5.91. The molecule has 6 heteroatoms. The maximum Gasteiger partial charge on any atom is 0.232 e. The fraction of sp³-hybridized carbons (Fsp3) is 0.810. The summed E-state index contributed by atoms with van der Waals surface area (Å²) in [5.74, 6) is 0.365. The monoisotopic (exact) mass is 375 g/mol. The first-order chi connectivity index (χ1) is 13.2. The van der Waals surface area contributed by atoms with Crippen LogP contribution in [0.4, 0.5) is 0 Å². The molecule has 2 aliphatic heterocycles. The van der Waals surface area contributed by atoms with Gasteiger partial charge in [0.05, 0.1) is 18.6 Å². The SMILES string of the molecule is O=C1CCC2(C(=O)NCCN3CCOCC3)CCCC=C2N1C1CCCC1. The molecule has 0 aromatic heterocycles. The number of morpholine rings is 1. The Kier molecular flexibility index (Phi) is 5.83. The summed E-state index contributed by atoms with van der Waals surface area (Å²) in [6.07, 6.45) is 10.8. The second kappa shape index (κ2) is 8.31. The number of allylic oxidation sites excluding steroid dienone is 1. The molecule has 0 radical (unpaired) electrons. The molecular weight excluding hydrogens is 342 g/mol. The van der Waals surface area contributed by atoms with Gasteiger partial charge < -0.3 is 15.0 Å². The molecule has 6 nitrogen and oxygen atoms in total. The molecule has 1 atom stereocenters. The molecule has 1 N–H and O–H groups in total. The van der Waals surface area contributed by atoms with Gasteiger partial charge in [0.15, 0.2) is 0 Å². The second-order valence-electron chi connectivity index (χ2n) is 8.48. The third-order valence-corrected chi connectivity index (χ3v) is 6.87. The van der Waals surface area contributed by atoms with Crippen LogP contribution in [0.2, 0.25) is 0 Å². The molecular formula is C21H33N3O3. The Bertz CT molecular complexity index is 593. The van der Waals surface area contributed by atoms with Crippen molar-refractivity contribution in [1.82, 2.24) is 15.1 Å². The normalized spacial score (nSPS) is 30.1. The van der Waals surface area contributed by atoms with Crippen molar-refractivity contribution < 1.29 is 14.3 Å². The molecule has 1 saturated carbocycles. The average Bonchev–Trinajstić information content (AvgIpc) is 3.23. The number of hydrogen-bond donors (Lipinski definition) is 1. The van der Waals surface area contributed by atoms with Gasteiger partial charge in [0.1, 0.15) is 0 Å². The number of rotatable bonds is 5. The van der Waals surface area contributed by atoms with Crippen LogP contribution in [0.5, 0.6) is 0 Å². The highest BCUT2D eigenvalue weighted by Crippen LogP contribution is 2.48. The van der Waals surface area contributed by atoms with Gasteiger partial charge in [-0.2, -0.15) is 0 Å². The number of nitrogens with one attached hydrogen (secondary N) is 1. The summed E-state index contributed by atoms with van der Waals surface area (Å²) in [5, 5.41) is 3.22. The minimum absolute atomic E-state index is 0.136. The van der Waals surface area contributed by atoms with Crippen LogP contribution in [0.3, 0.4) is 0 Å². The van der Waals surface area contributed by atoms with Gasteiger partial charge in [-0.05, 0) is 38.5 Å². The van der Waals surface area contributed by atoms with Crippen molar-refractivity contribution >= 4 is 11.8 Å². The lowest BCUT2D eigenvalue weighted by Crippen LogP contribution is -2.55. The maximum atomic E-state index is 13.3. The van der Waals surface area contributed by atoms with Gasteiger partial charge in [0.2, 0.25) is 11.8 Å². The molecule has 2 saturated heterocycles. The topological polar surface area (TPSA) is 61.9 Å². The zero-order valence-electron chi connectivity index (χ0n) is 16.4. The van der Waals surface area contributed by atoms with Crippen molar-refractivity contribution in [3.63, 3.8) is 0 Å². The summed E-state index contributed by atoms with van der Waals surface area (Å²) >= 11 is 0. The van der Waals surface area contributed by atoms with Gasteiger partial charge in [0.25, 0.3) is 0 Å². The lowest BCUT2D eigenvalue weighted by molar-refractivity contribution is -0.142. The molecule has 3 fully saturated rings. The summed E-state index contributed by atoms with van der Waals surface area (Å²) in [7, 11) is 0. The zero-order valence-corrected chi connectivity index (χ0v) is 16.4. The van der Waals surface area contributed by atoms with Crippen molar-refractivity contribution in [3.8, 4) is 0 Å². The Balaban J connectivity index is 1.45. The minimum Gasteiger partial charge on any atom is -0.379 e. The molecule has 2 aliphatic carbocycles. The molecule has 4 aliphatic rings. The molecule has 2 amide bonds. The third-order valence-electron chi connectivity index (χ3n) is 6.87. The second-order valence-corrected chi connectivity index (χ2v) is 8.48. The van der Waals surface area contributed by atoms with E-state index >= 15 is 0 Å². The number of likely N-dealkylation sites (tertiary alicyclic amines) is 1. The smallest absolute Gasteiger partial charge is 0.232 e. The van der Waals surface area contributed by atoms with Crippen LogP contribution in [0.25, 0.3) is 0 Å². The predicted molar refractivity (Wildman–Crippen MR) is 103 cm³/mol.